The van der Waals surface area contributed by atoms with Crippen LogP contribution in [0.1, 0.15) is 11.4 Å². The van der Waals surface area contributed by atoms with E-state index in [2.05, 4.69) is 27.6 Å². The number of hydrogen-bond donors (Lipinski definition) is 1. The fraction of sp³-hybridized carbons (Fsp3) is 0.160. The summed E-state index contributed by atoms with van der Waals surface area (Å²) in [4.78, 5) is 12.6. The molecule has 0 unspecified atom stereocenters. The third-order valence-electron chi connectivity index (χ3n) is 4.92. The van der Waals surface area contributed by atoms with Crippen LogP contribution in [-0.4, -0.2) is 40.6 Å². The van der Waals surface area contributed by atoms with Gasteiger partial charge in [0.1, 0.15) is 17.3 Å². The average Bonchev–Trinajstić information content (AvgIpc) is 3.25. The molecular weight excluding hydrogens is 436 g/mol. The molecule has 0 bridgehead atoms. The average molecular weight is 461 g/mol. The molecule has 0 aliphatic rings. The van der Waals surface area contributed by atoms with E-state index < -0.39 is 0 Å². The minimum absolute atomic E-state index is 0.137. The molecule has 3 aromatic carbocycles. The zero-order valence-corrected chi connectivity index (χ0v) is 19.2. The molecule has 0 aliphatic heterocycles. The van der Waals surface area contributed by atoms with E-state index in [1.165, 1.54) is 11.8 Å². The molecule has 0 radical (unpaired) electrons. The normalized spacial score (nSPS) is 10.6. The molecule has 1 heterocycles. The number of anilines is 1. The molecule has 0 atom stereocenters. The number of hydrogen-bond acceptors (Lipinski definition) is 6. The van der Waals surface area contributed by atoms with Crippen LogP contribution in [0, 0.1) is 0 Å². The zero-order valence-electron chi connectivity index (χ0n) is 18.4. The lowest BCUT2D eigenvalue weighted by Gasteiger charge is -2.11. The Morgan fingerprint density at radius 1 is 0.909 bits per heavy atom. The summed E-state index contributed by atoms with van der Waals surface area (Å²) in [5.41, 5.74) is 2.72. The van der Waals surface area contributed by atoms with Gasteiger partial charge in [0.2, 0.25) is 5.91 Å². The molecular formula is C25H24N4O3S. The first kappa shape index (κ1) is 22.4. The first-order valence-electron chi connectivity index (χ1n) is 10.4. The number of nitrogens with one attached hydrogen (secondary N) is 1. The summed E-state index contributed by atoms with van der Waals surface area (Å²) in [5, 5.41) is 12.3. The molecule has 0 saturated carbocycles. The van der Waals surface area contributed by atoms with Crippen molar-refractivity contribution in [2.75, 3.05) is 25.3 Å². The van der Waals surface area contributed by atoms with Gasteiger partial charge in [-0.2, -0.15) is 0 Å². The molecule has 33 heavy (non-hydrogen) atoms. The number of thioether (sulfide) groups is 1. The maximum atomic E-state index is 12.6. The van der Waals surface area contributed by atoms with Crippen molar-refractivity contribution < 1.29 is 14.3 Å². The number of amides is 1. The van der Waals surface area contributed by atoms with Gasteiger partial charge in [0.15, 0.2) is 5.16 Å². The van der Waals surface area contributed by atoms with Crippen molar-refractivity contribution >= 4 is 23.4 Å². The molecule has 7 nitrogen and oxygen atoms in total. The Morgan fingerprint density at radius 3 is 2.39 bits per heavy atom. The zero-order chi connectivity index (χ0) is 23.0. The van der Waals surface area contributed by atoms with Gasteiger partial charge in [-0.25, -0.2) is 0 Å². The lowest BCUT2D eigenvalue weighted by Crippen LogP contribution is -2.14. The fourth-order valence-corrected chi connectivity index (χ4v) is 4.08. The lowest BCUT2D eigenvalue weighted by molar-refractivity contribution is -0.113. The molecule has 168 valence electrons. The van der Waals surface area contributed by atoms with Crippen molar-refractivity contribution in [1.29, 1.82) is 0 Å². The van der Waals surface area contributed by atoms with Gasteiger partial charge < -0.3 is 14.8 Å². The van der Waals surface area contributed by atoms with E-state index in [1.807, 2.05) is 65.2 Å². The van der Waals surface area contributed by atoms with Crippen molar-refractivity contribution in [3.8, 4) is 17.2 Å². The van der Waals surface area contributed by atoms with Crippen LogP contribution in [0.25, 0.3) is 5.69 Å². The highest BCUT2D eigenvalue weighted by Crippen LogP contribution is 2.25. The third kappa shape index (κ3) is 5.72. The topological polar surface area (TPSA) is 78.3 Å². The maximum absolute atomic E-state index is 12.6. The number of ether oxygens (including phenoxy) is 2. The summed E-state index contributed by atoms with van der Waals surface area (Å²) in [7, 11) is 3.23. The minimum Gasteiger partial charge on any atom is -0.497 e. The molecule has 1 N–H and O–H groups in total. The second-order valence-corrected chi connectivity index (χ2v) is 8.11. The second kappa shape index (κ2) is 10.7. The van der Waals surface area contributed by atoms with Crippen LogP contribution >= 0.6 is 11.8 Å². The van der Waals surface area contributed by atoms with Crippen LogP contribution in [0.3, 0.4) is 0 Å². The van der Waals surface area contributed by atoms with E-state index in [0.29, 0.717) is 23.0 Å². The molecule has 0 fully saturated rings. The van der Waals surface area contributed by atoms with Crippen molar-refractivity contribution in [3.63, 3.8) is 0 Å². The number of carbonyl (C=O) groups excluding carboxylic acids is 1. The van der Waals surface area contributed by atoms with Gasteiger partial charge in [-0.05, 0) is 42.0 Å². The van der Waals surface area contributed by atoms with Gasteiger partial charge in [0, 0.05) is 23.9 Å². The van der Waals surface area contributed by atoms with Gasteiger partial charge in [-0.3, -0.25) is 9.36 Å². The first-order valence-corrected chi connectivity index (χ1v) is 11.3. The van der Waals surface area contributed by atoms with Gasteiger partial charge in [0.05, 0.1) is 20.0 Å². The molecule has 0 saturated heterocycles. The molecule has 1 aromatic heterocycles. The number of methoxy groups -OCH3 is 2. The molecule has 0 spiro atoms. The molecule has 0 aliphatic carbocycles. The number of aromatic nitrogens is 3. The molecule has 1 amide bonds. The van der Waals surface area contributed by atoms with Crippen molar-refractivity contribution in [3.05, 3.63) is 90.3 Å². The van der Waals surface area contributed by atoms with Crippen LogP contribution < -0.4 is 14.8 Å². The van der Waals surface area contributed by atoms with E-state index in [4.69, 9.17) is 9.47 Å². The first-order chi connectivity index (χ1) is 16.2. The quantitative estimate of drug-likeness (QED) is 0.368. The van der Waals surface area contributed by atoms with Gasteiger partial charge >= 0.3 is 0 Å². The summed E-state index contributed by atoms with van der Waals surface area (Å²) < 4.78 is 12.5. The van der Waals surface area contributed by atoms with Crippen LogP contribution in [0.4, 0.5) is 5.69 Å². The summed E-state index contributed by atoms with van der Waals surface area (Å²) in [6.45, 7) is 0. The summed E-state index contributed by atoms with van der Waals surface area (Å²) >= 11 is 1.34. The van der Waals surface area contributed by atoms with E-state index in [1.54, 1.807) is 20.3 Å². The number of nitrogens with zero attached hydrogens (tertiary/aromatic N) is 3. The summed E-state index contributed by atoms with van der Waals surface area (Å²) in [6, 6.07) is 25.1. The van der Waals surface area contributed by atoms with Gasteiger partial charge in [-0.1, -0.05) is 48.2 Å². The van der Waals surface area contributed by atoms with Gasteiger partial charge in [-0.15, -0.1) is 10.2 Å². The van der Waals surface area contributed by atoms with E-state index in [0.717, 1.165) is 22.8 Å². The molecule has 4 aromatic rings. The Labute approximate surface area is 196 Å². The van der Waals surface area contributed by atoms with Crippen LogP contribution in [-0.2, 0) is 11.2 Å². The Balaban J connectivity index is 1.54. The summed E-state index contributed by atoms with van der Waals surface area (Å²) in [5.74, 6) is 2.30. The predicted molar refractivity (Wildman–Crippen MR) is 130 cm³/mol. The SMILES string of the molecule is COc1ccc(-n2c(Cc3ccccc3)nnc2SCC(=O)Nc2cccc(OC)c2)cc1. The largest absolute Gasteiger partial charge is 0.497 e. The number of rotatable bonds is 9. The monoisotopic (exact) mass is 460 g/mol. The second-order valence-electron chi connectivity index (χ2n) is 7.16. The van der Waals surface area contributed by atoms with E-state index >= 15 is 0 Å². The smallest absolute Gasteiger partial charge is 0.234 e. The Hall–Kier alpha value is -3.78. The third-order valence-corrected chi connectivity index (χ3v) is 5.85. The van der Waals surface area contributed by atoms with Gasteiger partial charge in [0.25, 0.3) is 0 Å². The lowest BCUT2D eigenvalue weighted by atomic mass is 10.1. The Bertz CT molecular complexity index is 1210. The summed E-state index contributed by atoms with van der Waals surface area (Å²) in [6.07, 6.45) is 0.621. The van der Waals surface area contributed by atoms with Crippen molar-refractivity contribution in [2.45, 2.75) is 11.6 Å². The van der Waals surface area contributed by atoms with Crippen LogP contribution in [0.15, 0.2) is 84.0 Å². The predicted octanol–water partition coefficient (Wildman–Crippen LogP) is 4.61. The van der Waals surface area contributed by atoms with Crippen molar-refractivity contribution in [1.82, 2.24) is 14.8 Å². The van der Waals surface area contributed by atoms with Crippen LogP contribution in [0.5, 0.6) is 11.5 Å². The van der Waals surface area contributed by atoms with E-state index in [-0.39, 0.29) is 11.7 Å². The minimum atomic E-state index is -0.137. The maximum Gasteiger partial charge on any atom is 0.234 e. The molecule has 8 heteroatoms. The number of benzene rings is 3. The fourth-order valence-electron chi connectivity index (χ4n) is 3.31. The van der Waals surface area contributed by atoms with Crippen LogP contribution in [0.2, 0.25) is 0 Å². The Kier molecular flexibility index (Phi) is 7.26. The van der Waals surface area contributed by atoms with E-state index in [9.17, 15) is 4.79 Å². The highest BCUT2D eigenvalue weighted by atomic mass is 32.2. The Morgan fingerprint density at radius 2 is 1.67 bits per heavy atom. The highest BCUT2D eigenvalue weighted by Gasteiger charge is 2.17. The number of carbonyl (C=O) groups is 1. The highest BCUT2D eigenvalue weighted by molar-refractivity contribution is 7.99. The molecule has 4 rings (SSSR count). The standard InChI is InChI=1S/C25H24N4O3S/c1-31-21-13-11-20(12-14-21)29-23(15-18-7-4-3-5-8-18)27-28-25(29)33-17-24(30)26-19-9-6-10-22(16-19)32-2/h3-14,16H,15,17H2,1-2H3,(H,26,30). The van der Waals surface area contributed by atoms with Crippen molar-refractivity contribution in [2.24, 2.45) is 0 Å².